The van der Waals surface area contributed by atoms with E-state index in [2.05, 4.69) is 43.1 Å². The molecule has 0 spiro atoms. The standard InChI is InChI=1S/C24H24N8O/c25-19-4-5-22-21(27-15-30(22)8-7-19)10-26-24(33)18-9-28-32(12-18)14-20-13-31-11-17(16-1-2-16)3-6-23(31)29-20/h3-7,9,11-13,15-16H,1-2,8,10,14,25H2,(H,26,33). The molecule has 3 N–H and O–H groups in total. The van der Waals surface area contributed by atoms with Crippen LogP contribution in [0.25, 0.3) is 11.7 Å². The van der Waals surface area contributed by atoms with Crippen molar-refractivity contribution >= 4 is 17.6 Å². The van der Waals surface area contributed by atoms with Crippen LogP contribution >= 0.6 is 0 Å². The van der Waals surface area contributed by atoms with Crippen LogP contribution < -0.4 is 11.1 Å². The summed E-state index contributed by atoms with van der Waals surface area (Å²) in [6.07, 6.45) is 17.5. The third-order valence-electron chi connectivity index (χ3n) is 6.12. The van der Waals surface area contributed by atoms with Gasteiger partial charge in [-0.05, 0) is 48.6 Å². The van der Waals surface area contributed by atoms with Gasteiger partial charge in [0, 0.05) is 30.8 Å². The summed E-state index contributed by atoms with van der Waals surface area (Å²) in [5.74, 6) is 0.512. The van der Waals surface area contributed by atoms with Crippen LogP contribution in [0.5, 0.6) is 0 Å². The molecule has 166 valence electrons. The van der Waals surface area contributed by atoms with Crippen molar-refractivity contribution in [3.63, 3.8) is 0 Å². The highest BCUT2D eigenvalue weighted by Crippen LogP contribution is 2.39. The third-order valence-corrected chi connectivity index (χ3v) is 6.12. The normalized spacial score (nSPS) is 15.3. The number of amides is 1. The number of carbonyl (C=O) groups excluding carboxylic acids is 1. The average Bonchev–Trinajstić information content (AvgIpc) is 3.31. The van der Waals surface area contributed by atoms with Gasteiger partial charge in [0.15, 0.2) is 0 Å². The Kier molecular flexibility index (Phi) is 4.60. The minimum Gasteiger partial charge on any atom is -0.399 e. The first kappa shape index (κ1) is 19.5. The van der Waals surface area contributed by atoms with Gasteiger partial charge in [-0.2, -0.15) is 5.10 Å². The molecule has 9 heteroatoms. The first-order valence-electron chi connectivity index (χ1n) is 11.1. The Morgan fingerprint density at radius 3 is 2.97 bits per heavy atom. The molecule has 1 aliphatic carbocycles. The Hall–Kier alpha value is -4.14. The van der Waals surface area contributed by atoms with Crippen molar-refractivity contribution in [3.8, 4) is 0 Å². The largest absolute Gasteiger partial charge is 0.399 e. The first-order valence-corrected chi connectivity index (χ1v) is 11.1. The number of rotatable bonds is 6. The highest BCUT2D eigenvalue weighted by Gasteiger charge is 2.23. The number of allylic oxidation sites excluding steroid dienone is 2. The number of carbonyl (C=O) groups is 1. The van der Waals surface area contributed by atoms with Crippen molar-refractivity contribution in [1.82, 2.24) is 34.0 Å². The van der Waals surface area contributed by atoms with Crippen LogP contribution in [0.15, 0.2) is 61.1 Å². The smallest absolute Gasteiger partial charge is 0.254 e. The fourth-order valence-corrected chi connectivity index (χ4v) is 4.15. The van der Waals surface area contributed by atoms with E-state index in [0.29, 0.717) is 31.1 Å². The number of nitrogens with two attached hydrogens (primary N) is 1. The lowest BCUT2D eigenvalue weighted by Gasteiger charge is -2.04. The molecule has 2 aliphatic rings. The van der Waals surface area contributed by atoms with Crippen LogP contribution in [0, 0.1) is 0 Å². The van der Waals surface area contributed by atoms with E-state index in [9.17, 15) is 4.79 Å². The van der Waals surface area contributed by atoms with E-state index in [0.717, 1.165) is 28.4 Å². The second-order valence-electron chi connectivity index (χ2n) is 8.61. The minimum atomic E-state index is -0.192. The van der Waals surface area contributed by atoms with Crippen molar-refractivity contribution < 1.29 is 4.79 Å². The molecule has 6 rings (SSSR count). The summed E-state index contributed by atoms with van der Waals surface area (Å²) < 4.78 is 5.81. The summed E-state index contributed by atoms with van der Waals surface area (Å²) in [4.78, 5) is 21.8. The number of hydrogen-bond donors (Lipinski definition) is 2. The van der Waals surface area contributed by atoms with Crippen LogP contribution in [0.3, 0.4) is 0 Å². The number of aromatic nitrogens is 6. The Bertz CT molecular complexity index is 1420. The van der Waals surface area contributed by atoms with Gasteiger partial charge in [-0.15, -0.1) is 0 Å². The maximum atomic E-state index is 12.7. The maximum absolute atomic E-state index is 12.7. The second kappa shape index (κ2) is 7.77. The fraction of sp³-hybridized carbons (Fsp3) is 0.250. The summed E-state index contributed by atoms with van der Waals surface area (Å²) in [5.41, 5.74) is 12.0. The molecule has 1 saturated carbocycles. The molecule has 4 aromatic rings. The molecule has 9 nitrogen and oxygen atoms in total. The Labute approximate surface area is 190 Å². The zero-order valence-electron chi connectivity index (χ0n) is 18.1. The van der Waals surface area contributed by atoms with Crippen LogP contribution in [0.1, 0.15) is 51.8 Å². The Balaban J connectivity index is 1.11. The van der Waals surface area contributed by atoms with Gasteiger partial charge < -0.3 is 20.0 Å². The van der Waals surface area contributed by atoms with Gasteiger partial charge in [-0.3, -0.25) is 9.48 Å². The van der Waals surface area contributed by atoms with E-state index in [-0.39, 0.29) is 5.91 Å². The summed E-state index contributed by atoms with van der Waals surface area (Å²) in [6.45, 7) is 1.49. The van der Waals surface area contributed by atoms with Crippen LogP contribution in [0.4, 0.5) is 0 Å². The molecule has 0 bridgehead atoms. The van der Waals surface area contributed by atoms with Gasteiger partial charge in [-0.25, -0.2) is 9.97 Å². The SMILES string of the molecule is NC1=CCn2cnc(CNC(=O)c3cnn(Cc4cn5cc(C6CC6)ccc5n4)c3)c2C=C1. The number of nitrogens with zero attached hydrogens (tertiary/aromatic N) is 6. The zero-order chi connectivity index (χ0) is 22.4. The lowest BCUT2D eigenvalue weighted by atomic mass is 10.2. The van der Waals surface area contributed by atoms with Crippen LogP contribution in [-0.4, -0.2) is 34.6 Å². The molecule has 0 saturated heterocycles. The topological polar surface area (TPSA) is 108 Å². The first-order chi connectivity index (χ1) is 16.1. The van der Waals surface area contributed by atoms with Crippen molar-refractivity contribution in [2.75, 3.05) is 0 Å². The van der Waals surface area contributed by atoms with Crippen molar-refractivity contribution in [3.05, 3.63) is 89.3 Å². The van der Waals surface area contributed by atoms with Gasteiger partial charge in [-0.1, -0.05) is 6.07 Å². The molecule has 0 unspecified atom stereocenters. The molecule has 33 heavy (non-hydrogen) atoms. The summed E-state index contributed by atoms with van der Waals surface area (Å²) in [7, 11) is 0. The molecule has 4 aromatic heterocycles. The maximum Gasteiger partial charge on any atom is 0.254 e. The van der Waals surface area contributed by atoms with Crippen molar-refractivity contribution in [1.29, 1.82) is 0 Å². The monoisotopic (exact) mass is 440 g/mol. The van der Waals surface area contributed by atoms with Gasteiger partial charge in [0.25, 0.3) is 5.91 Å². The predicted molar refractivity (Wildman–Crippen MR) is 123 cm³/mol. The molecule has 0 radical (unpaired) electrons. The lowest BCUT2D eigenvalue weighted by Crippen LogP contribution is -2.23. The van der Waals surface area contributed by atoms with Gasteiger partial charge in [0.2, 0.25) is 0 Å². The van der Waals surface area contributed by atoms with Gasteiger partial charge in [0.1, 0.15) is 5.65 Å². The lowest BCUT2D eigenvalue weighted by molar-refractivity contribution is 0.0950. The highest BCUT2D eigenvalue weighted by molar-refractivity contribution is 5.93. The Morgan fingerprint density at radius 2 is 2.09 bits per heavy atom. The molecule has 5 heterocycles. The Morgan fingerprint density at radius 1 is 1.18 bits per heavy atom. The molecular formula is C24H24N8O. The van der Waals surface area contributed by atoms with Crippen LogP contribution in [0.2, 0.25) is 0 Å². The average molecular weight is 441 g/mol. The number of pyridine rings is 1. The highest BCUT2D eigenvalue weighted by atomic mass is 16.1. The summed E-state index contributed by atoms with van der Waals surface area (Å²) in [5, 5.41) is 7.28. The summed E-state index contributed by atoms with van der Waals surface area (Å²) in [6, 6.07) is 4.23. The number of nitrogens with one attached hydrogen (secondary N) is 1. The fourth-order valence-electron chi connectivity index (χ4n) is 4.15. The van der Waals surface area contributed by atoms with E-state index in [4.69, 9.17) is 5.73 Å². The number of hydrogen-bond acceptors (Lipinski definition) is 5. The number of fused-ring (bicyclic) bond motifs is 2. The van der Waals surface area contributed by atoms with E-state index < -0.39 is 0 Å². The van der Waals surface area contributed by atoms with Crippen molar-refractivity contribution in [2.24, 2.45) is 5.73 Å². The van der Waals surface area contributed by atoms with E-state index in [1.807, 2.05) is 29.0 Å². The number of imidazole rings is 2. The molecular weight excluding hydrogens is 416 g/mol. The van der Waals surface area contributed by atoms with Crippen LogP contribution in [-0.2, 0) is 19.6 Å². The minimum absolute atomic E-state index is 0.192. The second-order valence-corrected chi connectivity index (χ2v) is 8.61. The molecule has 1 aliphatic heterocycles. The van der Waals surface area contributed by atoms with Gasteiger partial charge in [0.05, 0.1) is 48.3 Å². The zero-order valence-corrected chi connectivity index (χ0v) is 18.1. The van der Waals surface area contributed by atoms with E-state index >= 15 is 0 Å². The third kappa shape index (κ3) is 3.93. The predicted octanol–water partition coefficient (Wildman–Crippen LogP) is 2.45. The molecule has 1 fully saturated rings. The van der Waals surface area contributed by atoms with Gasteiger partial charge >= 0.3 is 0 Å². The van der Waals surface area contributed by atoms with E-state index in [1.54, 1.807) is 23.4 Å². The molecule has 0 atom stereocenters. The summed E-state index contributed by atoms with van der Waals surface area (Å²) >= 11 is 0. The quantitative estimate of drug-likeness (QED) is 0.479. The van der Waals surface area contributed by atoms with Crippen molar-refractivity contribution in [2.45, 2.75) is 38.4 Å². The van der Waals surface area contributed by atoms with E-state index in [1.165, 1.54) is 18.4 Å². The molecule has 0 aromatic carbocycles. The molecule has 1 amide bonds.